The van der Waals surface area contributed by atoms with Gasteiger partial charge in [-0.1, -0.05) is 69.3 Å². The number of piperazine rings is 1. The Labute approximate surface area is 353 Å². The van der Waals surface area contributed by atoms with E-state index in [1.807, 2.05) is 76.2 Å². The molecule has 0 unspecified atom stereocenters. The SMILES string of the molecule is Cc1ncsc1-c1ccc([C@H](CO)NC(=O)[C@@H]2C[C@@H](O)CN2C(=O)[C@@H](NC(=O)CN2CCN(c3ccc(-c4cnnc(-c5ccccc5O)c4)cc3)CC2)C(C)(C)C)cc1. The number of β-amino-alcohol motifs (C(OH)–C–C–N with tert-alkyl or cyclic N) is 1. The molecule has 2 fully saturated rings. The van der Waals surface area contributed by atoms with E-state index in [0.717, 1.165) is 32.9 Å². The van der Waals surface area contributed by atoms with Crippen LogP contribution in [-0.4, -0.2) is 122 Å². The van der Waals surface area contributed by atoms with Crippen molar-refractivity contribution in [2.24, 2.45) is 5.41 Å². The molecule has 5 N–H and O–H groups in total. The van der Waals surface area contributed by atoms with E-state index >= 15 is 0 Å². The summed E-state index contributed by atoms with van der Waals surface area (Å²) >= 11 is 1.54. The van der Waals surface area contributed by atoms with E-state index in [0.29, 0.717) is 43.0 Å². The summed E-state index contributed by atoms with van der Waals surface area (Å²) in [6, 6.07) is 22.0. The number of phenols is 1. The molecule has 0 saturated carbocycles. The summed E-state index contributed by atoms with van der Waals surface area (Å²) in [6.07, 6.45) is 0.821. The van der Waals surface area contributed by atoms with E-state index in [2.05, 4.69) is 47.7 Å². The van der Waals surface area contributed by atoms with Crippen molar-refractivity contribution < 1.29 is 29.7 Å². The summed E-state index contributed by atoms with van der Waals surface area (Å²) in [5, 5.41) is 45.5. The highest BCUT2D eigenvalue weighted by molar-refractivity contribution is 7.13. The van der Waals surface area contributed by atoms with Crippen LogP contribution in [0.25, 0.3) is 32.8 Å². The Kier molecular flexibility index (Phi) is 12.9. The average Bonchev–Trinajstić information content (AvgIpc) is 3.87. The Morgan fingerprint density at radius 2 is 1.62 bits per heavy atom. The number of hydrogen-bond acceptors (Lipinski definition) is 12. The molecule has 5 aromatic rings. The second-order valence-electron chi connectivity index (χ2n) is 16.6. The van der Waals surface area contributed by atoms with Gasteiger partial charge in [0.05, 0.1) is 53.3 Å². The van der Waals surface area contributed by atoms with Crippen LogP contribution in [0.4, 0.5) is 5.69 Å². The van der Waals surface area contributed by atoms with Gasteiger partial charge in [0, 0.05) is 56.0 Å². The van der Waals surface area contributed by atoms with E-state index in [1.54, 1.807) is 29.9 Å². The molecule has 15 heteroatoms. The molecule has 2 aromatic heterocycles. The lowest BCUT2D eigenvalue weighted by molar-refractivity contribution is -0.144. The number of anilines is 1. The highest BCUT2D eigenvalue weighted by Gasteiger charge is 2.45. The topological polar surface area (TPSA) is 184 Å². The number of rotatable bonds is 12. The molecule has 314 valence electrons. The second-order valence-corrected chi connectivity index (χ2v) is 17.4. The fourth-order valence-corrected chi connectivity index (χ4v) is 8.67. The van der Waals surface area contributed by atoms with Gasteiger partial charge in [-0.05, 0) is 59.4 Å². The predicted molar refractivity (Wildman–Crippen MR) is 231 cm³/mol. The minimum atomic E-state index is -0.979. The fraction of sp³-hybridized carbons (Fsp3) is 0.378. The zero-order valence-electron chi connectivity index (χ0n) is 34.3. The Morgan fingerprint density at radius 3 is 2.27 bits per heavy atom. The second kappa shape index (κ2) is 18.3. The summed E-state index contributed by atoms with van der Waals surface area (Å²) in [5.74, 6) is -1.08. The van der Waals surface area contributed by atoms with Gasteiger partial charge in [0.25, 0.3) is 0 Å². The van der Waals surface area contributed by atoms with Crippen LogP contribution in [0.5, 0.6) is 5.75 Å². The Morgan fingerprint density at radius 1 is 0.917 bits per heavy atom. The summed E-state index contributed by atoms with van der Waals surface area (Å²) in [6.45, 7) is 9.91. The molecule has 0 bridgehead atoms. The monoisotopic (exact) mass is 832 g/mol. The lowest BCUT2D eigenvalue weighted by atomic mass is 9.85. The molecular weight excluding hydrogens is 781 g/mol. The number of amides is 3. The molecule has 0 radical (unpaired) electrons. The van der Waals surface area contributed by atoms with Gasteiger partial charge in [-0.3, -0.25) is 19.3 Å². The fourth-order valence-electron chi connectivity index (χ4n) is 7.85. The Hall–Kier alpha value is -5.74. The first kappa shape index (κ1) is 42.4. The van der Waals surface area contributed by atoms with Crippen molar-refractivity contribution in [3.8, 4) is 38.6 Å². The van der Waals surface area contributed by atoms with Crippen LogP contribution in [-0.2, 0) is 14.4 Å². The summed E-state index contributed by atoms with van der Waals surface area (Å²) < 4.78 is 0. The molecule has 0 aliphatic carbocycles. The van der Waals surface area contributed by atoms with Crippen molar-refractivity contribution in [1.82, 2.24) is 35.6 Å². The molecule has 3 amide bonds. The van der Waals surface area contributed by atoms with Crippen LogP contribution >= 0.6 is 11.3 Å². The zero-order chi connectivity index (χ0) is 42.6. The number of aromatic hydroxyl groups is 1. The number of hydrogen-bond donors (Lipinski definition) is 5. The first-order valence-corrected chi connectivity index (χ1v) is 21.1. The normalized spacial score (nSPS) is 18.2. The van der Waals surface area contributed by atoms with Crippen molar-refractivity contribution in [1.29, 1.82) is 0 Å². The van der Waals surface area contributed by atoms with E-state index < -0.39 is 41.5 Å². The molecule has 4 heterocycles. The summed E-state index contributed by atoms with van der Waals surface area (Å²) in [5.41, 5.74) is 7.81. The molecule has 0 spiro atoms. The number of aromatic nitrogens is 3. The largest absolute Gasteiger partial charge is 0.507 e. The number of carbonyl (C=O) groups excluding carboxylic acids is 3. The van der Waals surface area contributed by atoms with Gasteiger partial charge < -0.3 is 35.8 Å². The summed E-state index contributed by atoms with van der Waals surface area (Å²) in [4.78, 5) is 52.6. The number of nitrogens with zero attached hydrogens (tertiary/aromatic N) is 6. The van der Waals surface area contributed by atoms with Crippen molar-refractivity contribution in [2.45, 2.75) is 58.3 Å². The number of thiazole rings is 1. The van der Waals surface area contributed by atoms with Crippen molar-refractivity contribution >= 4 is 34.7 Å². The Balaban J connectivity index is 0.933. The van der Waals surface area contributed by atoms with Crippen LogP contribution in [0.3, 0.4) is 0 Å². The maximum absolute atomic E-state index is 14.2. The van der Waals surface area contributed by atoms with Crippen LogP contribution in [0.15, 0.2) is 90.6 Å². The van der Waals surface area contributed by atoms with Crippen LogP contribution in [0.2, 0.25) is 0 Å². The maximum Gasteiger partial charge on any atom is 0.246 e. The van der Waals surface area contributed by atoms with Gasteiger partial charge in [-0.25, -0.2) is 4.98 Å². The Bertz CT molecular complexity index is 2290. The third-order valence-corrected chi connectivity index (χ3v) is 12.2. The quantitative estimate of drug-likeness (QED) is 0.120. The first-order chi connectivity index (χ1) is 28.8. The molecule has 3 aromatic carbocycles. The van der Waals surface area contributed by atoms with E-state index in [9.17, 15) is 29.7 Å². The molecule has 14 nitrogen and oxygen atoms in total. The number of nitrogens with one attached hydrogen (secondary N) is 2. The van der Waals surface area contributed by atoms with Crippen LogP contribution in [0, 0.1) is 12.3 Å². The lowest BCUT2D eigenvalue weighted by Crippen LogP contribution is -2.59. The standard InChI is InChI=1S/C45H52N8O6S/c1-28-41(60-27-46-28)31-11-9-30(10-12-31)37(26-54)48-43(58)38-22-34(55)24-53(38)44(59)42(45(2,3)4)49-40(57)25-51-17-19-52(20-18-51)33-15-13-29(14-16-33)32-21-36(50-47-23-32)35-7-5-6-8-39(35)56/h5-16,21,23,27,34,37-38,42,54-56H,17-20,22,24-26H2,1-4H3,(H,48,58)(H,49,57)/t34-,37+,38+,42-/m1/s1. The maximum atomic E-state index is 14.2. The van der Waals surface area contributed by atoms with E-state index in [1.165, 1.54) is 16.2 Å². The van der Waals surface area contributed by atoms with Crippen molar-refractivity contribution in [3.05, 3.63) is 102 Å². The van der Waals surface area contributed by atoms with Crippen LogP contribution < -0.4 is 15.5 Å². The molecule has 2 aliphatic heterocycles. The first-order valence-electron chi connectivity index (χ1n) is 20.2. The van der Waals surface area contributed by atoms with E-state index in [-0.39, 0.29) is 37.8 Å². The zero-order valence-corrected chi connectivity index (χ0v) is 35.1. The van der Waals surface area contributed by atoms with Gasteiger partial charge in [0.1, 0.15) is 17.8 Å². The average molecular weight is 833 g/mol. The molecular formula is C45H52N8O6S. The van der Waals surface area contributed by atoms with Gasteiger partial charge in [0.15, 0.2) is 0 Å². The third-order valence-electron chi connectivity index (χ3n) is 11.2. The number of carbonyl (C=O) groups is 3. The number of aryl methyl sites for hydroxylation is 1. The number of phenolic OH excluding ortho intramolecular Hbond substituents is 1. The van der Waals surface area contributed by atoms with E-state index in [4.69, 9.17) is 0 Å². The predicted octanol–water partition coefficient (Wildman–Crippen LogP) is 4.41. The van der Waals surface area contributed by atoms with Crippen LogP contribution in [0.1, 0.15) is 44.5 Å². The third kappa shape index (κ3) is 9.65. The van der Waals surface area contributed by atoms with Gasteiger partial charge >= 0.3 is 0 Å². The smallest absolute Gasteiger partial charge is 0.246 e. The molecule has 7 rings (SSSR count). The number of benzene rings is 3. The van der Waals surface area contributed by atoms with Gasteiger partial charge in [0.2, 0.25) is 17.7 Å². The molecule has 2 aliphatic rings. The highest BCUT2D eigenvalue weighted by Crippen LogP contribution is 2.32. The number of aliphatic hydroxyl groups excluding tert-OH is 2. The number of para-hydroxylation sites is 1. The molecule has 4 atom stereocenters. The minimum absolute atomic E-state index is 0.0403. The highest BCUT2D eigenvalue weighted by atomic mass is 32.1. The summed E-state index contributed by atoms with van der Waals surface area (Å²) in [7, 11) is 0. The van der Waals surface area contributed by atoms with Gasteiger partial charge in [-0.2, -0.15) is 10.2 Å². The number of aliphatic hydroxyl groups is 2. The number of likely N-dealkylation sites (tertiary alicyclic amines) is 1. The van der Waals surface area contributed by atoms with Crippen molar-refractivity contribution in [2.75, 3.05) is 50.8 Å². The lowest BCUT2D eigenvalue weighted by Gasteiger charge is -2.38. The molecule has 60 heavy (non-hydrogen) atoms. The van der Waals surface area contributed by atoms with Crippen molar-refractivity contribution in [3.63, 3.8) is 0 Å². The van der Waals surface area contributed by atoms with Gasteiger partial charge in [-0.15, -0.1) is 11.3 Å². The minimum Gasteiger partial charge on any atom is -0.507 e. The molecule has 2 saturated heterocycles.